The average Bonchev–Trinajstić information content (AvgIpc) is 3.43. The van der Waals surface area contributed by atoms with E-state index in [2.05, 4.69) is 18.7 Å². The van der Waals surface area contributed by atoms with E-state index < -0.39 is 23.5 Å². The molecule has 172 valence electrons. The molecule has 1 aliphatic rings. The van der Waals surface area contributed by atoms with Gasteiger partial charge in [0.05, 0.1) is 24.5 Å². The monoisotopic (exact) mass is 440 g/mol. The number of hydrogen-bond donors (Lipinski definition) is 1. The van der Waals surface area contributed by atoms with E-state index in [0.717, 1.165) is 43.8 Å². The second-order valence-corrected chi connectivity index (χ2v) is 7.77. The maximum absolute atomic E-state index is 13.2. The molecular formula is C25H32N2O5. The van der Waals surface area contributed by atoms with Crippen molar-refractivity contribution < 1.29 is 23.8 Å². The third-order valence-electron chi connectivity index (χ3n) is 5.73. The highest BCUT2D eigenvalue weighted by Crippen LogP contribution is 2.39. The minimum Gasteiger partial charge on any atom is -0.503 e. The lowest BCUT2D eigenvalue weighted by atomic mass is 9.95. The summed E-state index contributed by atoms with van der Waals surface area (Å²) in [6, 6.07) is 9.80. The lowest BCUT2D eigenvalue weighted by Crippen LogP contribution is -2.34. The molecule has 1 aliphatic heterocycles. The van der Waals surface area contributed by atoms with Crippen LogP contribution < -0.4 is 4.74 Å². The van der Waals surface area contributed by atoms with Gasteiger partial charge in [0.25, 0.3) is 5.91 Å². The first-order valence-corrected chi connectivity index (χ1v) is 11.3. The molecule has 3 rings (SSSR count). The minimum absolute atomic E-state index is 0.0509. The summed E-state index contributed by atoms with van der Waals surface area (Å²) in [5.74, 6) is -0.706. The zero-order chi connectivity index (χ0) is 23.1. The molecule has 1 N–H and O–H groups in total. The quantitative estimate of drug-likeness (QED) is 0.493. The SMILES string of the molecule is CCCOc1ccc(C2C(C(=O)c3ccco3)=C(O)C(=O)N2CCCN(CC)CC)cc1. The van der Waals surface area contributed by atoms with Crippen LogP contribution in [0.1, 0.15) is 55.8 Å². The molecule has 1 aromatic carbocycles. The maximum atomic E-state index is 13.2. The van der Waals surface area contributed by atoms with Gasteiger partial charge in [-0.1, -0.05) is 32.9 Å². The number of ketones is 1. The molecule has 0 fully saturated rings. The number of Topliss-reactive ketones (excluding diaryl/α,β-unsaturated/α-hetero) is 1. The van der Waals surface area contributed by atoms with Crippen molar-refractivity contribution in [1.29, 1.82) is 0 Å². The first-order chi connectivity index (χ1) is 15.5. The van der Waals surface area contributed by atoms with Gasteiger partial charge in [0.1, 0.15) is 5.75 Å². The zero-order valence-electron chi connectivity index (χ0n) is 19.0. The van der Waals surface area contributed by atoms with E-state index in [-0.39, 0.29) is 11.3 Å². The van der Waals surface area contributed by atoms with Gasteiger partial charge in [-0.3, -0.25) is 9.59 Å². The molecule has 0 saturated heterocycles. The number of carbonyl (C=O) groups excluding carboxylic acids is 2. The third-order valence-corrected chi connectivity index (χ3v) is 5.73. The number of hydrogen-bond acceptors (Lipinski definition) is 6. The summed E-state index contributed by atoms with van der Waals surface area (Å²) < 4.78 is 10.9. The average molecular weight is 441 g/mol. The number of amides is 1. The van der Waals surface area contributed by atoms with Gasteiger partial charge in [-0.2, -0.15) is 0 Å². The van der Waals surface area contributed by atoms with Gasteiger partial charge in [0.15, 0.2) is 11.5 Å². The van der Waals surface area contributed by atoms with Crippen LogP contribution in [0.4, 0.5) is 0 Å². The smallest absolute Gasteiger partial charge is 0.290 e. The molecule has 1 amide bonds. The number of furan rings is 1. The van der Waals surface area contributed by atoms with E-state index in [1.807, 2.05) is 31.2 Å². The Hall–Kier alpha value is -3.06. The van der Waals surface area contributed by atoms with Crippen LogP contribution >= 0.6 is 0 Å². The van der Waals surface area contributed by atoms with Crippen molar-refractivity contribution in [3.05, 3.63) is 65.3 Å². The topological polar surface area (TPSA) is 83.2 Å². The van der Waals surface area contributed by atoms with Crippen molar-refractivity contribution in [1.82, 2.24) is 9.80 Å². The van der Waals surface area contributed by atoms with Crippen LogP contribution in [0.2, 0.25) is 0 Å². The van der Waals surface area contributed by atoms with Gasteiger partial charge in [0, 0.05) is 6.54 Å². The van der Waals surface area contributed by atoms with Crippen molar-refractivity contribution in [3.63, 3.8) is 0 Å². The molecule has 7 nitrogen and oxygen atoms in total. The lowest BCUT2D eigenvalue weighted by molar-refractivity contribution is -0.129. The standard InChI is InChI=1S/C25H32N2O5/c1-4-16-31-19-12-10-18(11-13-19)22-21(23(28)20-9-7-17-32-20)24(29)25(30)27(22)15-8-14-26(5-2)6-3/h7,9-13,17,22,29H,4-6,8,14-16H2,1-3H3. The predicted molar refractivity (Wildman–Crippen MR) is 122 cm³/mol. The largest absolute Gasteiger partial charge is 0.503 e. The number of benzene rings is 1. The third kappa shape index (κ3) is 5.05. The van der Waals surface area contributed by atoms with Gasteiger partial charge in [-0.15, -0.1) is 0 Å². The normalized spacial score (nSPS) is 16.3. The molecule has 0 spiro atoms. The van der Waals surface area contributed by atoms with Crippen LogP contribution in [0.25, 0.3) is 0 Å². The van der Waals surface area contributed by atoms with Gasteiger partial charge in [-0.05, 0) is 62.3 Å². The molecule has 7 heteroatoms. The second kappa shape index (κ2) is 11.0. The van der Waals surface area contributed by atoms with E-state index in [4.69, 9.17) is 9.15 Å². The lowest BCUT2D eigenvalue weighted by Gasteiger charge is -2.28. The van der Waals surface area contributed by atoms with Gasteiger partial charge in [0.2, 0.25) is 5.78 Å². The highest BCUT2D eigenvalue weighted by molar-refractivity contribution is 6.15. The van der Waals surface area contributed by atoms with Gasteiger partial charge < -0.3 is 24.1 Å². The maximum Gasteiger partial charge on any atom is 0.290 e. The predicted octanol–water partition coefficient (Wildman–Crippen LogP) is 4.38. The summed E-state index contributed by atoms with van der Waals surface area (Å²) in [6.45, 7) is 9.96. The second-order valence-electron chi connectivity index (χ2n) is 7.77. The number of ether oxygens (including phenoxy) is 1. The Morgan fingerprint density at radius 2 is 1.88 bits per heavy atom. The first-order valence-electron chi connectivity index (χ1n) is 11.3. The number of rotatable bonds is 12. The Kier molecular flexibility index (Phi) is 8.11. The number of nitrogens with zero attached hydrogens (tertiary/aromatic N) is 2. The summed E-state index contributed by atoms with van der Waals surface area (Å²) in [7, 11) is 0. The van der Waals surface area contributed by atoms with Crippen LogP contribution in [0.15, 0.2) is 58.4 Å². The van der Waals surface area contributed by atoms with Crippen molar-refractivity contribution >= 4 is 11.7 Å². The molecule has 1 aromatic heterocycles. The van der Waals surface area contributed by atoms with Crippen molar-refractivity contribution in [3.8, 4) is 5.75 Å². The summed E-state index contributed by atoms with van der Waals surface area (Å²) in [6.07, 6.45) is 3.03. The van der Waals surface area contributed by atoms with Crippen molar-refractivity contribution in [2.45, 2.75) is 39.7 Å². The van der Waals surface area contributed by atoms with E-state index in [1.165, 1.54) is 12.3 Å². The van der Waals surface area contributed by atoms with E-state index in [9.17, 15) is 14.7 Å². The molecule has 32 heavy (non-hydrogen) atoms. The molecular weight excluding hydrogens is 408 g/mol. The number of aliphatic hydroxyl groups is 1. The van der Waals surface area contributed by atoms with Crippen molar-refractivity contribution in [2.75, 3.05) is 32.8 Å². The molecule has 1 atom stereocenters. The van der Waals surface area contributed by atoms with Crippen molar-refractivity contribution in [2.24, 2.45) is 0 Å². The fourth-order valence-electron chi connectivity index (χ4n) is 3.97. The minimum atomic E-state index is -0.683. The summed E-state index contributed by atoms with van der Waals surface area (Å²) in [5.41, 5.74) is 0.791. The number of carbonyl (C=O) groups is 2. The molecule has 0 saturated carbocycles. The van der Waals surface area contributed by atoms with E-state index in [0.29, 0.717) is 13.2 Å². The fourth-order valence-corrected chi connectivity index (χ4v) is 3.97. The summed E-state index contributed by atoms with van der Waals surface area (Å²) in [5, 5.41) is 10.7. The molecule has 0 aliphatic carbocycles. The number of aliphatic hydroxyl groups excluding tert-OH is 1. The summed E-state index contributed by atoms with van der Waals surface area (Å²) in [4.78, 5) is 30.0. The Bertz CT molecular complexity index is 930. The molecule has 1 unspecified atom stereocenters. The van der Waals surface area contributed by atoms with Gasteiger partial charge >= 0.3 is 0 Å². The molecule has 2 heterocycles. The molecule has 0 radical (unpaired) electrons. The Labute approximate surface area is 189 Å². The fraction of sp³-hybridized carbons (Fsp3) is 0.440. The zero-order valence-corrected chi connectivity index (χ0v) is 19.0. The summed E-state index contributed by atoms with van der Waals surface area (Å²) >= 11 is 0. The molecule has 2 aromatic rings. The van der Waals surface area contributed by atoms with Crippen LogP contribution in [0.5, 0.6) is 5.75 Å². The molecule has 0 bridgehead atoms. The highest BCUT2D eigenvalue weighted by Gasteiger charge is 2.44. The van der Waals surface area contributed by atoms with Gasteiger partial charge in [-0.25, -0.2) is 0 Å². The van der Waals surface area contributed by atoms with E-state index >= 15 is 0 Å². The highest BCUT2D eigenvalue weighted by atomic mass is 16.5. The van der Waals surface area contributed by atoms with Crippen LogP contribution in [-0.2, 0) is 4.79 Å². The van der Waals surface area contributed by atoms with E-state index in [1.54, 1.807) is 11.0 Å². The Balaban J connectivity index is 1.90. The Morgan fingerprint density at radius 1 is 1.16 bits per heavy atom. The Morgan fingerprint density at radius 3 is 2.47 bits per heavy atom. The first kappa shape index (κ1) is 23.6. The van der Waals surface area contributed by atoms with Crippen LogP contribution in [0, 0.1) is 0 Å². The van der Waals surface area contributed by atoms with Crippen LogP contribution in [-0.4, -0.2) is 59.4 Å². The van der Waals surface area contributed by atoms with Crippen LogP contribution in [0.3, 0.4) is 0 Å².